The maximum Gasteiger partial charge on any atom is 0.254 e. The van der Waals surface area contributed by atoms with Crippen molar-refractivity contribution in [3.63, 3.8) is 0 Å². The number of nitrogens with zero attached hydrogens (tertiary/aromatic N) is 6. The highest BCUT2D eigenvalue weighted by molar-refractivity contribution is 6.42. The maximum absolute atomic E-state index is 12.9. The zero-order valence-electron chi connectivity index (χ0n) is 15.5. The van der Waals surface area contributed by atoms with E-state index in [2.05, 4.69) is 15.3 Å². The van der Waals surface area contributed by atoms with E-state index >= 15 is 0 Å². The molecule has 0 spiro atoms. The summed E-state index contributed by atoms with van der Waals surface area (Å²) in [6, 6.07) is 12.9. The first-order valence-electron chi connectivity index (χ1n) is 9.13. The lowest BCUT2D eigenvalue weighted by molar-refractivity contribution is 0.0708. The molecule has 1 aliphatic heterocycles. The number of carbonyl (C=O) groups is 1. The third-order valence-corrected chi connectivity index (χ3v) is 5.85. The van der Waals surface area contributed by atoms with Gasteiger partial charge in [-0.2, -0.15) is 5.10 Å². The molecule has 0 saturated carbocycles. The third kappa shape index (κ3) is 3.07. The molecule has 0 unspecified atom stereocenters. The highest BCUT2D eigenvalue weighted by Gasteiger charge is 2.27. The second-order valence-corrected chi connectivity index (χ2v) is 7.79. The van der Waals surface area contributed by atoms with Crippen LogP contribution in [0.4, 0.5) is 0 Å². The molecule has 0 aliphatic carbocycles. The molecule has 5 rings (SSSR count). The van der Waals surface area contributed by atoms with Crippen LogP contribution in [0.15, 0.2) is 42.5 Å². The van der Waals surface area contributed by atoms with Gasteiger partial charge in [-0.1, -0.05) is 29.3 Å². The van der Waals surface area contributed by atoms with Crippen LogP contribution in [0.25, 0.3) is 17.0 Å². The molecule has 0 N–H and O–H groups in total. The highest BCUT2D eigenvalue weighted by Crippen LogP contribution is 2.26. The predicted molar refractivity (Wildman–Crippen MR) is 110 cm³/mol. The Bertz CT molecular complexity index is 1260. The minimum atomic E-state index is -0.109. The molecule has 0 fully saturated rings. The molecule has 0 bridgehead atoms. The molecule has 0 atom stereocenters. The van der Waals surface area contributed by atoms with Crippen molar-refractivity contribution in [1.29, 1.82) is 0 Å². The van der Waals surface area contributed by atoms with Gasteiger partial charge < -0.3 is 9.47 Å². The Morgan fingerprint density at radius 1 is 1.03 bits per heavy atom. The van der Waals surface area contributed by atoms with E-state index in [0.717, 1.165) is 22.7 Å². The lowest BCUT2D eigenvalue weighted by Crippen LogP contribution is -2.38. The van der Waals surface area contributed by atoms with Gasteiger partial charge >= 0.3 is 0 Å². The van der Waals surface area contributed by atoms with E-state index in [1.54, 1.807) is 23.1 Å². The van der Waals surface area contributed by atoms with Crippen molar-refractivity contribution >= 4 is 34.6 Å². The van der Waals surface area contributed by atoms with E-state index in [0.29, 0.717) is 41.1 Å². The summed E-state index contributed by atoms with van der Waals surface area (Å²) in [7, 11) is 0. The molecular formula is C20H16Cl2N6O. The first-order valence-corrected chi connectivity index (χ1v) is 9.89. The van der Waals surface area contributed by atoms with E-state index in [1.165, 1.54) is 0 Å². The topological polar surface area (TPSA) is 68.3 Å². The zero-order chi connectivity index (χ0) is 20.1. The van der Waals surface area contributed by atoms with E-state index < -0.39 is 0 Å². The van der Waals surface area contributed by atoms with Gasteiger partial charge in [-0.3, -0.25) is 4.79 Å². The van der Waals surface area contributed by atoms with E-state index in [9.17, 15) is 4.79 Å². The molecule has 146 valence electrons. The smallest absolute Gasteiger partial charge is 0.254 e. The Balaban J connectivity index is 1.43. The molecular weight excluding hydrogens is 411 g/mol. The Hall–Kier alpha value is -2.90. The monoisotopic (exact) mass is 426 g/mol. The van der Waals surface area contributed by atoms with Crippen molar-refractivity contribution in [3.8, 4) is 11.5 Å². The van der Waals surface area contributed by atoms with Crippen LogP contribution >= 0.6 is 23.2 Å². The first kappa shape index (κ1) is 18.1. The van der Waals surface area contributed by atoms with Crippen LogP contribution in [-0.4, -0.2) is 41.7 Å². The van der Waals surface area contributed by atoms with Crippen molar-refractivity contribution in [2.24, 2.45) is 0 Å². The number of carbonyl (C=O) groups excluding carboxylic acids is 1. The third-order valence-electron chi connectivity index (χ3n) is 5.11. The fourth-order valence-electron chi connectivity index (χ4n) is 3.59. The van der Waals surface area contributed by atoms with Crippen LogP contribution in [0.1, 0.15) is 21.9 Å². The van der Waals surface area contributed by atoms with Crippen molar-refractivity contribution in [2.75, 3.05) is 6.54 Å². The Kier molecular flexibility index (Phi) is 4.29. The van der Waals surface area contributed by atoms with Crippen molar-refractivity contribution in [2.45, 2.75) is 20.0 Å². The fourth-order valence-corrected chi connectivity index (χ4v) is 3.89. The summed E-state index contributed by atoms with van der Waals surface area (Å²) < 4.78 is 3.91. The molecule has 3 aromatic heterocycles. The largest absolute Gasteiger partial charge is 0.329 e. The number of rotatable bonds is 2. The number of benzene rings is 1. The Morgan fingerprint density at radius 2 is 1.90 bits per heavy atom. The number of fused-ring (bicyclic) bond motifs is 2. The Morgan fingerprint density at radius 3 is 2.69 bits per heavy atom. The SMILES string of the molecule is Cc1cccc2cc(-c3nnc4n3CCN(C(=O)c3ccc(Cl)c(Cl)c3)C4)nn12. The van der Waals surface area contributed by atoms with Crippen molar-refractivity contribution < 1.29 is 4.79 Å². The van der Waals surface area contributed by atoms with E-state index in [4.69, 9.17) is 23.2 Å². The van der Waals surface area contributed by atoms with Crippen molar-refractivity contribution in [3.05, 3.63) is 69.6 Å². The number of hydrogen-bond donors (Lipinski definition) is 0. The minimum Gasteiger partial charge on any atom is -0.329 e. The molecule has 4 aromatic rings. The van der Waals surface area contributed by atoms with E-state index in [-0.39, 0.29) is 5.91 Å². The van der Waals surface area contributed by atoms with Crippen LogP contribution in [0.2, 0.25) is 10.0 Å². The summed E-state index contributed by atoms with van der Waals surface area (Å²) in [6.45, 7) is 3.52. The lowest BCUT2D eigenvalue weighted by Gasteiger charge is -2.27. The van der Waals surface area contributed by atoms with Gasteiger partial charge in [0.25, 0.3) is 5.91 Å². The van der Waals surface area contributed by atoms with Gasteiger partial charge in [0.05, 0.1) is 22.1 Å². The lowest BCUT2D eigenvalue weighted by atomic mass is 10.2. The average molecular weight is 427 g/mol. The number of pyridine rings is 1. The Labute approximate surface area is 176 Å². The van der Waals surface area contributed by atoms with Gasteiger partial charge in [0.2, 0.25) is 0 Å². The molecule has 7 nitrogen and oxygen atoms in total. The minimum absolute atomic E-state index is 0.109. The van der Waals surface area contributed by atoms with Gasteiger partial charge in [-0.15, -0.1) is 10.2 Å². The molecule has 29 heavy (non-hydrogen) atoms. The molecule has 1 amide bonds. The highest BCUT2D eigenvalue weighted by atomic mass is 35.5. The normalized spacial score (nSPS) is 13.7. The van der Waals surface area contributed by atoms with Crippen molar-refractivity contribution in [1.82, 2.24) is 29.3 Å². The summed E-state index contributed by atoms with van der Waals surface area (Å²) in [5.74, 6) is 1.33. The molecule has 1 aliphatic rings. The van der Waals surface area contributed by atoms with Crippen LogP contribution in [0, 0.1) is 6.92 Å². The maximum atomic E-state index is 12.9. The average Bonchev–Trinajstić information content (AvgIpc) is 3.33. The molecule has 4 heterocycles. The first-order chi connectivity index (χ1) is 14.0. The summed E-state index contributed by atoms with van der Waals surface area (Å²) in [6.07, 6.45) is 0. The second-order valence-electron chi connectivity index (χ2n) is 6.98. The second kappa shape index (κ2) is 6.86. The standard InChI is InChI=1S/C20H16Cl2N6O/c1-12-3-2-4-14-10-17(25-28(12)14)19-24-23-18-11-26(7-8-27(18)19)20(29)13-5-6-15(21)16(22)9-13/h2-6,9-10H,7-8,11H2,1H3. The van der Waals surface area contributed by atoms with Crippen LogP contribution in [-0.2, 0) is 13.1 Å². The molecule has 1 aromatic carbocycles. The number of amides is 1. The molecule has 9 heteroatoms. The van der Waals surface area contributed by atoms with Crippen LogP contribution in [0.5, 0.6) is 0 Å². The van der Waals surface area contributed by atoms with Gasteiger partial charge in [0.15, 0.2) is 11.6 Å². The predicted octanol–water partition coefficient (Wildman–Crippen LogP) is 3.86. The fraction of sp³-hybridized carbons (Fsp3) is 0.200. The summed E-state index contributed by atoms with van der Waals surface area (Å²) in [5.41, 5.74) is 3.32. The quantitative estimate of drug-likeness (QED) is 0.487. The number of aryl methyl sites for hydroxylation is 1. The van der Waals surface area contributed by atoms with Gasteiger partial charge in [0.1, 0.15) is 5.69 Å². The van der Waals surface area contributed by atoms with Crippen LogP contribution in [0.3, 0.4) is 0 Å². The molecule has 0 saturated heterocycles. The summed E-state index contributed by atoms with van der Waals surface area (Å²) >= 11 is 12.0. The van der Waals surface area contributed by atoms with E-state index in [1.807, 2.05) is 40.3 Å². The van der Waals surface area contributed by atoms with Gasteiger partial charge in [-0.05, 0) is 43.3 Å². The number of halogens is 2. The summed E-state index contributed by atoms with van der Waals surface area (Å²) in [5, 5.41) is 14.1. The van der Waals surface area contributed by atoms with Crippen LogP contribution < -0.4 is 0 Å². The molecule has 0 radical (unpaired) electrons. The number of hydrogen-bond acceptors (Lipinski definition) is 4. The van der Waals surface area contributed by atoms with Gasteiger partial charge in [-0.25, -0.2) is 4.52 Å². The number of aromatic nitrogens is 5. The summed E-state index contributed by atoms with van der Waals surface area (Å²) in [4.78, 5) is 14.6. The van der Waals surface area contributed by atoms with Gasteiger partial charge in [0, 0.05) is 24.3 Å². The zero-order valence-corrected chi connectivity index (χ0v) is 17.0.